The van der Waals surface area contributed by atoms with E-state index in [1.165, 1.54) is 16.3 Å². The van der Waals surface area contributed by atoms with Gasteiger partial charge in [0.05, 0.1) is 54.6 Å². The van der Waals surface area contributed by atoms with E-state index in [0.717, 1.165) is 190 Å². The third kappa shape index (κ3) is 6.99. The van der Waals surface area contributed by atoms with Crippen LogP contribution in [0.2, 0.25) is 0 Å². The number of fused-ring (bicyclic) bond motifs is 20. The number of furan rings is 2. The van der Waals surface area contributed by atoms with Crippen LogP contribution in [0, 0.1) is 0 Å². The van der Waals surface area contributed by atoms with E-state index in [0.29, 0.717) is 11.9 Å². The molecule has 0 N–H and O–H groups in total. The molecule has 0 amide bonds. The molecule has 434 valence electrons. The number of hydrogen-bond donors (Lipinski definition) is 0. The average molecular weight is 1230 g/mol. The van der Waals surface area contributed by atoms with Crippen LogP contribution in [-0.2, 0) is 0 Å². The molecular formula is C84H44N6O2S2. The Morgan fingerprint density at radius 2 is 0.809 bits per heavy atom. The van der Waals surface area contributed by atoms with Gasteiger partial charge in [-0.15, -0.1) is 22.7 Å². The summed E-state index contributed by atoms with van der Waals surface area (Å²) < 4.78 is 17.8. The van der Waals surface area contributed by atoms with Crippen LogP contribution in [0.1, 0.15) is 0 Å². The number of hydrogen-bond acceptors (Lipinski definition) is 10. The van der Waals surface area contributed by atoms with Crippen LogP contribution in [0.3, 0.4) is 0 Å². The van der Waals surface area contributed by atoms with Crippen LogP contribution in [0.5, 0.6) is 0 Å². The standard InChI is InChI=1S/C84H44N6O2S2/c1-3-20-52-45(15-1)33-37-56-55-25-11-17-47-18-12-27-64(72(47)55)89(79(52)56)84-87-77-60-24-7-10-32-71(60)94-82(77)78(88-84)61-26-14-30-68-74(61)58-39-35-48(44-69(58)92-68)51-41-49-19-13-28-65-73(49)63(43-51)57-38-34-46-16-2-4-21-53(46)80(57)90(65)83-85-75(81-76(86-83)59-23-6-9-31-70(59)93-81)50-36-40-67-62(42-50)54-22-5-8-29-66(54)91-67/h1-44H. The summed E-state index contributed by atoms with van der Waals surface area (Å²) in [4.78, 5) is 27.5. The fourth-order valence-electron chi connectivity index (χ4n) is 15.6. The van der Waals surface area contributed by atoms with Crippen molar-refractivity contribution >= 4 is 185 Å². The van der Waals surface area contributed by atoms with Gasteiger partial charge in [0.1, 0.15) is 22.3 Å². The Labute approximate surface area is 542 Å². The Morgan fingerprint density at radius 3 is 1.53 bits per heavy atom. The van der Waals surface area contributed by atoms with Gasteiger partial charge in [-0.05, 0) is 123 Å². The molecule has 10 heteroatoms. The van der Waals surface area contributed by atoms with Crippen LogP contribution in [0.4, 0.5) is 34.6 Å². The molecule has 0 spiro atoms. The maximum atomic E-state index is 7.06. The van der Waals surface area contributed by atoms with Gasteiger partial charge in [-0.1, -0.05) is 188 Å². The molecule has 20 aromatic rings. The van der Waals surface area contributed by atoms with Crippen molar-refractivity contribution in [2.24, 2.45) is 0 Å². The van der Waals surface area contributed by atoms with E-state index in [9.17, 15) is 0 Å². The van der Waals surface area contributed by atoms with Crippen molar-refractivity contribution in [1.29, 1.82) is 0 Å². The smallest absolute Gasteiger partial charge is 0.235 e. The fourth-order valence-corrected chi connectivity index (χ4v) is 17.9. The molecule has 2 aliphatic rings. The topological polar surface area (TPSA) is 84.3 Å². The lowest BCUT2D eigenvalue weighted by Crippen LogP contribution is -2.18. The zero-order valence-corrected chi connectivity index (χ0v) is 51.4. The van der Waals surface area contributed by atoms with Crippen molar-refractivity contribution in [1.82, 2.24) is 19.9 Å². The molecule has 0 saturated heterocycles. The zero-order valence-electron chi connectivity index (χ0n) is 49.7. The van der Waals surface area contributed by atoms with Crippen molar-refractivity contribution < 1.29 is 8.83 Å². The minimum atomic E-state index is 0.609. The highest BCUT2D eigenvalue weighted by Crippen LogP contribution is 2.57. The van der Waals surface area contributed by atoms with Gasteiger partial charge >= 0.3 is 0 Å². The summed E-state index contributed by atoms with van der Waals surface area (Å²) in [6.45, 7) is 0. The summed E-state index contributed by atoms with van der Waals surface area (Å²) in [5.41, 5.74) is 19.8. The fraction of sp³-hybridized carbons (Fsp3) is 0. The summed E-state index contributed by atoms with van der Waals surface area (Å²) in [5.74, 6) is 1.23. The lowest BCUT2D eigenvalue weighted by Gasteiger charge is -2.33. The summed E-state index contributed by atoms with van der Waals surface area (Å²) >= 11 is 3.49. The molecule has 22 rings (SSSR count). The monoisotopic (exact) mass is 1230 g/mol. The summed E-state index contributed by atoms with van der Waals surface area (Å²) in [6, 6.07) is 96.0. The SMILES string of the molecule is c1ccc2c3c(ccc2c1)-c1cc(-c2ccc4c(c2)oc2cccc(-c5nc(N6c7c(ccc8ccccc78)-c7cccc8cccc6c78)nc6c5sc5ccccc56)c24)cc2cccc(c12)N3c1nc(-c2ccc3oc4ccccc4c3c2)c2sc3ccccc3c2n1. The average Bonchev–Trinajstić information content (AvgIpc) is 0.737. The maximum absolute atomic E-state index is 7.06. The quantitative estimate of drug-likeness (QED) is 0.169. The van der Waals surface area contributed by atoms with E-state index < -0.39 is 0 Å². The second-order valence-corrected chi connectivity index (χ2v) is 26.8. The molecule has 0 atom stereocenters. The minimum absolute atomic E-state index is 0.609. The van der Waals surface area contributed by atoms with Gasteiger partial charge in [0.25, 0.3) is 0 Å². The first-order chi connectivity index (χ1) is 46.6. The molecule has 0 bridgehead atoms. The second-order valence-electron chi connectivity index (χ2n) is 24.7. The van der Waals surface area contributed by atoms with Crippen LogP contribution in [-0.4, -0.2) is 19.9 Å². The van der Waals surface area contributed by atoms with E-state index >= 15 is 0 Å². The molecule has 94 heavy (non-hydrogen) atoms. The number of anilines is 6. The maximum Gasteiger partial charge on any atom is 0.235 e. The number of rotatable bonds is 5. The normalized spacial score (nSPS) is 12.9. The predicted molar refractivity (Wildman–Crippen MR) is 392 cm³/mol. The van der Waals surface area contributed by atoms with Gasteiger partial charge in [-0.2, -0.15) is 0 Å². The first-order valence-electron chi connectivity index (χ1n) is 31.6. The molecular weight excluding hydrogens is 1190 g/mol. The number of aromatic nitrogens is 4. The highest BCUT2D eigenvalue weighted by molar-refractivity contribution is 7.26. The zero-order chi connectivity index (χ0) is 61.0. The van der Waals surface area contributed by atoms with Crippen LogP contribution in [0.25, 0.3) is 183 Å². The van der Waals surface area contributed by atoms with Crippen molar-refractivity contribution in [3.63, 3.8) is 0 Å². The summed E-state index contributed by atoms with van der Waals surface area (Å²) in [7, 11) is 0. The van der Waals surface area contributed by atoms with Gasteiger partial charge < -0.3 is 8.83 Å². The van der Waals surface area contributed by atoms with E-state index in [-0.39, 0.29) is 0 Å². The lowest BCUT2D eigenvalue weighted by molar-refractivity contribution is 0.668. The molecule has 0 fully saturated rings. The van der Waals surface area contributed by atoms with Crippen molar-refractivity contribution in [3.05, 3.63) is 267 Å². The number of benzene rings is 14. The molecule has 8 heterocycles. The number of thiophene rings is 2. The van der Waals surface area contributed by atoms with E-state index in [1.54, 1.807) is 22.7 Å². The van der Waals surface area contributed by atoms with E-state index in [2.05, 4.69) is 265 Å². The first-order valence-corrected chi connectivity index (χ1v) is 33.2. The largest absolute Gasteiger partial charge is 0.456 e. The van der Waals surface area contributed by atoms with Gasteiger partial charge in [-0.3, -0.25) is 9.80 Å². The Hall–Kier alpha value is -12.1. The van der Waals surface area contributed by atoms with Gasteiger partial charge in [0.2, 0.25) is 11.9 Å². The van der Waals surface area contributed by atoms with Crippen LogP contribution in [0.15, 0.2) is 276 Å². The third-order valence-corrected chi connectivity index (χ3v) is 22.0. The number of nitrogens with zero attached hydrogens (tertiary/aromatic N) is 6. The molecule has 0 radical (unpaired) electrons. The van der Waals surface area contributed by atoms with E-state index in [1.807, 2.05) is 12.1 Å². The Kier molecular flexibility index (Phi) is 10.1. The lowest BCUT2D eigenvalue weighted by atomic mass is 9.86. The van der Waals surface area contributed by atoms with Crippen LogP contribution >= 0.6 is 22.7 Å². The highest BCUT2D eigenvalue weighted by Gasteiger charge is 2.34. The van der Waals surface area contributed by atoms with Crippen molar-refractivity contribution in [2.75, 3.05) is 9.80 Å². The molecule has 6 aromatic heterocycles. The molecule has 14 aromatic carbocycles. The van der Waals surface area contributed by atoms with Gasteiger partial charge in [0, 0.05) is 85.5 Å². The van der Waals surface area contributed by atoms with Crippen molar-refractivity contribution in [2.45, 2.75) is 0 Å². The Balaban J connectivity index is 0.726. The molecule has 0 unspecified atom stereocenters. The number of para-hydroxylation sites is 1. The molecule has 0 aliphatic carbocycles. The van der Waals surface area contributed by atoms with Gasteiger partial charge in [0.15, 0.2) is 0 Å². The highest BCUT2D eigenvalue weighted by atomic mass is 32.1. The molecule has 8 nitrogen and oxygen atoms in total. The Bertz CT molecular complexity index is 6790. The third-order valence-electron chi connectivity index (χ3n) is 19.7. The van der Waals surface area contributed by atoms with Crippen molar-refractivity contribution in [3.8, 4) is 55.9 Å². The minimum Gasteiger partial charge on any atom is -0.456 e. The predicted octanol–water partition coefficient (Wildman–Crippen LogP) is 24.3. The molecule has 2 aliphatic heterocycles. The second kappa shape index (κ2) is 18.8. The Morgan fingerprint density at radius 1 is 0.277 bits per heavy atom. The molecule has 0 saturated carbocycles. The van der Waals surface area contributed by atoms with Gasteiger partial charge in [-0.25, -0.2) is 19.9 Å². The van der Waals surface area contributed by atoms with E-state index in [4.69, 9.17) is 28.8 Å². The first kappa shape index (κ1) is 50.6. The van der Waals surface area contributed by atoms with Crippen LogP contribution < -0.4 is 9.80 Å². The summed E-state index contributed by atoms with van der Waals surface area (Å²) in [5, 5.41) is 15.5. The summed E-state index contributed by atoms with van der Waals surface area (Å²) in [6.07, 6.45) is 0.